The van der Waals surface area contributed by atoms with Gasteiger partial charge in [0.25, 0.3) is 0 Å². The standard InChI is InChI=1S/C9H8N2O.2C2H6/c10-5-8-1-3-9(4-2-8)6-11-7-12;2*1-2/h1-4,7H,6H2,(H,11,12);2*1-2H3. The molecule has 0 aliphatic heterocycles. The van der Waals surface area contributed by atoms with Crippen molar-refractivity contribution in [3.05, 3.63) is 35.4 Å². The molecule has 1 rings (SSSR count). The molecule has 0 bridgehead atoms. The summed E-state index contributed by atoms with van der Waals surface area (Å²) in [5.74, 6) is 0. The highest BCUT2D eigenvalue weighted by atomic mass is 16.1. The maximum absolute atomic E-state index is 9.94. The van der Waals surface area contributed by atoms with Crippen LogP contribution in [0.4, 0.5) is 0 Å². The summed E-state index contributed by atoms with van der Waals surface area (Å²) in [6, 6.07) is 9.10. The van der Waals surface area contributed by atoms with Crippen molar-refractivity contribution in [3.8, 4) is 6.07 Å². The lowest BCUT2D eigenvalue weighted by Gasteiger charge is -1.98. The summed E-state index contributed by atoms with van der Waals surface area (Å²) in [7, 11) is 0. The van der Waals surface area contributed by atoms with Crippen LogP contribution in [0, 0.1) is 11.3 Å². The minimum atomic E-state index is 0.509. The number of carbonyl (C=O) groups excluding carboxylic acids is 1. The number of carbonyl (C=O) groups is 1. The second-order valence-electron chi connectivity index (χ2n) is 2.31. The Morgan fingerprint density at radius 3 is 2.06 bits per heavy atom. The third-order valence-corrected chi connectivity index (χ3v) is 1.47. The van der Waals surface area contributed by atoms with Crippen molar-refractivity contribution >= 4 is 6.41 Å². The third-order valence-electron chi connectivity index (χ3n) is 1.47. The smallest absolute Gasteiger partial charge is 0.207 e. The van der Waals surface area contributed by atoms with E-state index < -0.39 is 0 Å². The first-order valence-electron chi connectivity index (χ1n) is 5.53. The molecule has 16 heavy (non-hydrogen) atoms. The second-order valence-corrected chi connectivity index (χ2v) is 2.31. The van der Waals surface area contributed by atoms with Crippen LogP contribution in [-0.4, -0.2) is 6.41 Å². The predicted octanol–water partition coefficient (Wildman–Crippen LogP) is 2.86. The van der Waals surface area contributed by atoms with Crippen LogP contribution >= 0.6 is 0 Å². The van der Waals surface area contributed by atoms with Gasteiger partial charge in [0.2, 0.25) is 6.41 Å². The number of hydrogen-bond donors (Lipinski definition) is 1. The Hall–Kier alpha value is -1.82. The van der Waals surface area contributed by atoms with Gasteiger partial charge in [-0.2, -0.15) is 5.26 Å². The predicted molar refractivity (Wildman–Crippen MR) is 66.8 cm³/mol. The summed E-state index contributed by atoms with van der Waals surface area (Å²) >= 11 is 0. The Morgan fingerprint density at radius 1 is 1.19 bits per heavy atom. The molecule has 0 atom stereocenters. The summed E-state index contributed by atoms with van der Waals surface area (Å²) < 4.78 is 0. The highest BCUT2D eigenvalue weighted by Gasteiger charge is 1.91. The molecule has 3 heteroatoms. The molecule has 0 aliphatic rings. The summed E-state index contributed by atoms with van der Waals surface area (Å²) in [6.45, 7) is 8.51. The van der Waals surface area contributed by atoms with Gasteiger partial charge in [-0.3, -0.25) is 4.79 Å². The first kappa shape index (κ1) is 16.6. The number of rotatable bonds is 3. The minimum Gasteiger partial charge on any atom is -0.355 e. The van der Waals surface area contributed by atoms with Gasteiger partial charge in [-0.05, 0) is 17.7 Å². The number of nitrogens with zero attached hydrogens (tertiary/aromatic N) is 1. The monoisotopic (exact) mass is 220 g/mol. The molecule has 1 N–H and O–H groups in total. The van der Waals surface area contributed by atoms with E-state index in [1.807, 2.05) is 45.9 Å². The highest BCUT2D eigenvalue weighted by Crippen LogP contribution is 2.01. The average Bonchev–Trinajstić information content (AvgIpc) is 2.41. The van der Waals surface area contributed by atoms with Gasteiger partial charge in [0, 0.05) is 6.54 Å². The molecule has 3 nitrogen and oxygen atoms in total. The molecule has 0 aromatic heterocycles. The molecule has 0 saturated heterocycles. The maximum atomic E-state index is 9.94. The normalized spacial score (nSPS) is 7.19. The molecule has 1 aromatic carbocycles. The SMILES string of the molecule is CC.CC.N#Cc1ccc(CNC=O)cc1. The van der Waals surface area contributed by atoms with Gasteiger partial charge >= 0.3 is 0 Å². The zero-order chi connectivity index (χ0) is 12.8. The van der Waals surface area contributed by atoms with Crippen LogP contribution in [0.1, 0.15) is 38.8 Å². The average molecular weight is 220 g/mol. The lowest BCUT2D eigenvalue weighted by Crippen LogP contribution is -2.09. The Balaban J connectivity index is 0. The van der Waals surface area contributed by atoms with E-state index in [2.05, 4.69) is 5.32 Å². The largest absolute Gasteiger partial charge is 0.355 e. The number of nitriles is 1. The molecule has 0 spiro atoms. The van der Waals surface area contributed by atoms with Gasteiger partial charge in [-0.15, -0.1) is 0 Å². The van der Waals surface area contributed by atoms with Crippen LogP contribution in [0.2, 0.25) is 0 Å². The molecular weight excluding hydrogens is 200 g/mol. The Morgan fingerprint density at radius 2 is 1.69 bits per heavy atom. The molecule has 0 saturated carbocycles. The first-order chi connectivity index (χ1) is 7.86. The van der Waals surface area contributed by atoms with Crippen molar-refractivity contribution in [2.24, 2.45) is 0 Å². The number of hydrogen-bond acceptors (Lipinski definition) is 2. The van der Waals surface area contributed by atoms with Gasteiger partial charge in [0.15, 0.2) is 0 Å². The van der Waals surface area contributed by atoms with Gasteiger partial charge in [-0.1, -0.05) is 39.8 Å². The number of nitrogens with one attached hydrogen (secondary N) is 1. The van der Waals surface area contributed by atoms with Crippen LogP contribution in [0.15, 0.2) is 24.3 Å². The van der Waals surface area contributed by atoms with Crippen LogP contribution in [0.25, 0.3) is 0 Å². The Labute approximate surface area is 98.1 Å². The molecular formula is C13H20N2O. The van der Waals surface area contributed by atoms with E-state index >= 15 is 0 Å². The van der Waals surface area contributed by atoms with Crippen LogP contribution in [-0.2, 0) is 11.3 Å². The lowest BCUT2D eigenvalue weighted by molar-refractivity contribution is -0.109. The van der Waals surface area contributed by atoms with Crippen molar-refractivity contribution in [2.45, 2.75) is 34.2 Å². The Bertz CT molecular complexity index is 299. The lowest BCUT2D eigenvalue weighted by atomic mass is 10.1. The fourth-order valence-corrected chi connectivity index (χ4v) is 0.857. The molecule has 0 radical (unpaired) electrons. The van der Waals surface area contributed by atoms with Gasteiger partial charge in [-0.25, -0.2) is 0 Å². The van der Waals surface area contributed by atoms with Crippen molar-refractivity contribution in [1.29, 1.82) is 5.26 Å². The van der Waals surface area contributed by atoms with E-state index in [0.717, 1.165) is 5.56 Å². The van der Waals surface area contributed by atoms with Crippen molar-refractivity contribution < 1.29 is 4.79 Å². The van der Waals surface area contributed by atoms with Crippen molar-refractivity contribution in [1.82, 2.24) is 5.32 Å². The molecule has 88 valence electrons. The van der Waals surface area contributed by atoms with E-state index in [9.17, 15) is 4.79 Å². The molecule has 1 amide bonds. The van der Waals surface area contributed by atoms with Gasteiger partial charge in [0.05, 0.1) is 11.6 Å². The summed E-state index contributed by atoms with van der Waals surface area (Å²) in [5.41, 5.74) is 1.62. The molecule has 0 aliphatic carbocycles. The quantitative estimate of drug-likeness (QED) is 0.796. The van der Waals surface area contributed by atoms with Gasteiger partial charge in [0.1, 0.15) is 0 Å². The molecule has 0 heterocycles. The number of amides is 1. The fraction of sp³-hybridized carbons (Fsp3) is 0.385. The van der Waals surface area contributed by atoms with E-state index in [1.165, 1.54) is 0 Å². The first-order valence-corrected chi connectivity index (χ1v) is 5.53. The zero-order valence-electron chi connectivity index (χ0n) is 10.4. The maximum Gasteiger partial charge on any atom is 0.207 e. The molecule has 0 unspecified atom stereocenters. The fourth-order valence-electron chi connectivity index (χ4n) is 0.857. The van der Waals surface area contributed by atoms with E-state index in [0.29, 0.717) is 18.5 Å². The van der Waals surface area contributed by atoms with Gasteiger partial charge < -0.3 is 5.32 Å². The minimum absolute atomic E-state index is 0.509. The second kappa shape index (κ2) is 13.2. The Kier molecular flexibility index (Phi) is 13.7. The summed E-state index contributed by atoms with van der Waals surface area (Å²) in [4.78, 5) is 9.94. The molecule has 1 aromatic rings. The zero-order valence-corrected chi connectivity index (χ0v) is 10.4. The van der Waals surface area contributed by atoms with E-state index in [-0.39, 0.29) is 0 Å². The van der Waals surface area contributed by atoms with Crippen molar-refractivity contribution in [2.75, 3.05) is 0 Å². The van der Waals surface area contributed by atoms with Crippen molar-refractivity contribution in [3.63, 3.8) is 0 Å². The highest BCUT2D eigenvalue weighted by molar-refractivity contribution is 5.46. The number of benzene rings is 1. The topological polar surface area (TPSA) is 52.9 Å². The van der Waals surface area contributed by atoms with Crippen LogP contribution in [0.5, 0.6) is 0 Å². The summed E-state index contributed by atoms with van der Waals surface area (Å²) in [6.07, 6.45) is 0.651. The van der Waals surface area contributed by atoms with Crippen LogP contribution in [0.3, 0.4) is 0 Å². The molecule has 0 fully saturated rings. The van der Waals surface area contributed by atoms with E-state index in [1.54, 1.807) is 12.1 Å². The van der Waals surface area contributed by atoms with E-state index in [4.69, 9.17) is 5.26 Å². The van der Waals surface area contributed by atoms with Crippen LogP contribution < -0.4 is 5.32 Å². The summed E-state index contributed by atoms with van der Waals surface area (Å²) in [5, 5.41) is 11.0. The third kappa shape index (κ3) is 7.57.